The Morgan fingerprint density at radius 1 is 0.793 bits per heavy atom. The lowest BCUT2D eigenvalue weighted by Crippen LogP contribution is -2.39. The van der Waals surface area contributed by atoms with Crippen LogP contribution >= 0.6 is 46.4 Å². The molecule has 3 aromatic rings. The largest absolute Gasteiger partial charge is 0.508 e. The van der Waals surface area contributed by atoms with Gasteiger partial charge < -0.3 is 10.2 Å². The predicted octanol–water partition coefficient (Wildman–Crippen LogP) is 5.89. The summed E-state index contributed by atoms with van der Waals surface area (Å²) in [7, 11) is -5.14. The molecule has 5 nitrogen and oxygen atoms in total. The maximum Gasteiger partial charge on any atom is 0.283 e. The fraction of sp³-hybridized carbons (Fsp3) is 0.0526. The molecule has 0 saturated heterocycles. The summed E-state index contributed by atoms with van der Waals surface area (Å²) in [4.78, 5) is 0. The first-order valence-electron chi connectivity index (χ1n) is 7.89. The van der Waals surface area contributed by atoms with Crippen molar-refractivity contribution in [2.24, 2.45) is 0 Å². The quantitative estimate of drug-likeness (QED) is 0.239. The third kappa shape index (κ3) is 3.77. The third-order valence-electron chi connectivity index (χ3n) is 4.34. The molecule has 1 atom stereocenters. The lowest BCUT2D eigenvalue weighted by molar-refractivity contribution is 0.434. The summed E-state index contributed by atoms with van der Waals surface area (Å²) in [5, 5.41) is 20.4. The van der Waals surface area contributed by atoms with E-state index in [2.05, 4.69) is 0 Å². The molecule has 0 bridgehead atoms. The van der Waals surface area contributed by atoms with Gasteiger partial charge in [0.15, 0.2) is 4.75 Å². The summed E-state index contributed by atoms with van der Waals surface area (Å²) in [6.07, 6.45) is 0. The minimum atomic E-state index is -5.14. The molecule has 0 saturated carbocycles. The van der Waals surface area contributed by atoms with E-state index in [-0.39, 0.29) is 42.5 Å². The molecule has 0 radical (unpaired) electrons. The van der Waals surface area contributed by atoms with E-state index >= 15 is 0 Å². The molecule has 10 heteroatoms. The predicted molar refractivity (Wildman–Crippen MR) is 114 cm³/mol. The Kier molecular flexibility index (Phi) is 5.98. The van der Waals surface area contributed by atoms with E-state index in [1.54, 1.807) is 0 Å². The van der Waals surface area contributed by atoms with Crippen molar-refractivity contribution in [2.75, 3.05) is 0 Å². The molecule has 3 rings (SSSR count). The lowest BCUT2D eigenvalue weighted by atomic mass is 9.83. The van der Waals surface area contributed by atoms with Gasteiger partial charge in [-0.1, -0.05) is 58.5 Å². The smallest absolute Gasteiger partial charge is 0.283 e. The van der Waals surface area contributed by atoms with E-state index in [9.17, 15) is 23.2 Å². The molecule has 0 heterocycles. The van der Waals surface area contributed by atoms with Gasteiger partial charge >= 0.3 is 0 Å². The van der Waals surface area contributed by atoms with Crippen LogP contribution in [0.4, 0.5) is 0 Å². The Bertz CT molecular complexity index is 1190. The number of hydrogen-bond donors (Lipinski definition) is 3. The van der Waals surface area contributed by atoms with Gasteiger partial charge in [0.05, 0.1) is 0 Å². The molecule has 3 N–H and O–H groups in total. The number of hydrogen-bond acceptors (Lipinski definition) is 4. The van der Waals surface area contributed by atoms with Crippen molar-refractivity contribution >= 4 is 56.5 Å². The van der Waals surface area contributed by atoms with Crippen LogP contribution in [0.2, 0.25) is 20.1 Å². The van der Waals surface area contributed by atoms with Crippen molar-refractivity contribution in [3.63, 3.8) is 0 Å². The number of phenols is 2. The van der Waals surface area contributed by atoms with Crippen LogP contribution in [0.25, 0.3) is 0 Å². The zero-order valence-electron chi connectivity index (χ0n) is 14.3. The molecule has 1 unspecified atom stereocenters. The molecular weight excluding hydrogens is 482 g/mol. The van der Waals surface area contributed by atoms with Gasteiger partial charge in [-0.05, 0) is 48.0 Å². The maximum atomic E-state index is 13.0. The van der Waals surface area contributed by atoms with Crippen LogP contribution in [-0.4, -0.2) is 23.2 Å². The zero-order chi connectivity index (χ0) is 21.6. The van der Waals surface area contributed by atoms with Gasteiger partial charge in [-0.2, -0.15) is 8.42 Å². The first kappa shape index (κ1) is 22.0. The minimum Gasteiger partial charge on any atom is -0.508 e. The van der Waals surface area contributed by atoms with Crippen molar-refractivity contribution < 1.29 is 23.2 Å². The van der Waals surface area contributed by atoms with E-state index in [4.69, 9.17) is 46.4 Å². The number of rotatable bonds is 4. The average molecular weight is 494 g/mol. The van der Waals surface area contributed by atoms with E-state index < -0.39 is 20.6 Å². The Hall–Kier alpha value is -1.67. The highest BCUT2D eigenvalue weighted by atomic mass is 35.5. The van der Waals surface area contributed by atoms with Gasteiger partial charge in [-0.3, -0.25) is 4.55 Å². The summed E-state index contributed by atoms with van der Waals surface area (Å²) in [6, 6.07) is 11.3. The van der Waals surface area contributed by atoms with Crippen LogP contribution in [0.15, 0.2) is 54.6 Å². The fourth-order valence-corrected chi connectivity index (χ4v) is 5.99. The molecule has 0 aliphatic carbocycles. The van der Waals surface area contributed by atoms with Crippen molar-refractivity contribution in [3.05, 3.63) is 91.4 Å². The third-order valence-corrected chi connectivity index (χ3v) is 6.82. The number of aromatic hydroxyl groups is 2. The van der Waals surface area contributed by atoms with Gasteiger partial charge in [0.25, 0.3) is 10.1 Å². The van der Waals surface area contributed by atoms with Crippen molar-refractivity contribution in [3.8, 4) is 11.5 Å². The fourth-order valence-electron chi connectivity index (χ4n) is 3.24. The Morgan fingerprint density at radius 3 is 1.97 bits per heavy atom. The van der Waals surface area contributed by atoms with Crippen molar-refractivity contribution in [1.82, 2.24) is 0 Å². The van der Waals surface area contributed by atoms with Gasteiger partial charge in [-0.25, -0.2) is 0 Å². The highest BCUT2D eigenvalue weighted by molar-refractivity contribution is 7.87. The minimum absolute atomic E-state index is 0.0699. The number of phenolic OH excluding ortho intramolecular Hbond substituents is 2. The summed E-state index contributed by atoms with van der Waals surface area (Å²) in [5.41, 5.74) is -0.719. The Morgan fingerprint density at radius 2 is 1.41 bits per heavy atom. The van der Waals surface area contributed by atoms with Gasteiger partial charge in [-0.15, -0.1) is 0 Å². The second kappa shape index (κ2) is 7.87. The molecule has 3 aromatic carbocycles. The second-order valence-corrected chi connectivity index (χ2v) is 9.36. The Labute approximate surface area is 186 Å². The molecule has 0 aliphatic rings. The molecule has 0 aromatic heterocycles. The van der Waals surface area contributed by atoms with Crippen LogP contribution in [0, 0.1) is 0 Å². The standard InChI is InChI=1S/C19H12Cl4O5S/c20-11-3-1-2-10(6-11)19(29(26,27)28,14-9-13(24)4-5-17(14)25)18-15(22)7-12(21)8-16(18)23/h1-9,24-25H,(H,26,27,28). The second-order valence-electron chi connectivity index (χ2n) is 6.11. The molecule has 0 spiro atoms. The lowest BCUT2D eigenvalue weighted by Gasteiger charge is -2.34. The normalized spacial score (nSPS) is 13.8. The first-order valence-corrected chi connectivity index (χ1v) is 10.8. The summed E-state index contributed by atoms with van der Waals surface area (Å²) < 4.78 is 33.9. The molecule has 29 heavy (non-hydrogen) atoms. The van der Waals surface area contributed by atoms with Gasteiger partial charge in [0.1, 0.15) is 11.5 Å². The maximum absolute atomic E-state index is 13.0. The van der Waals surface area contributed by atoms with Crippen LogP contribution in [-0.2, 0) is 14.9 Å². The summed E-state index contributed by atoms with van der Waals surface area (Å²) >= 11 is 24.7. The van der Waals surface area contributed by atoms with Crippen LogP contribution in [0.3, 0.4) is 0 Å². The zero-order valence-corrected chi connectivity index (χ0v) is 18.1. The molecule has 0 fully saturated rings. The van der Waals surface area contributed by atoms with Crippen LogP contribution in [0.5, 0.6) is 11.5 Å². The SMILES string of the molecule is O=S(=O)(O)C(c1cccc(Cl)c1)(c1cc(O)ccc1O)c1c(Cl)cc(Cl)cc1Cl. The number of benzene rings is 3. The number of halogens is 4. The van der Waals surface area contributed by atoms with E-state index in [0.29, 0.717) is 0 Å². The van der Waals surface area contributed by atoms with E-state index in [0.717, 1.165) is 18.2 Å². The summed E-state index contributed by atoms with van der Waals surface area (Å²) in [6.45, 7) is 0. The van der Waals surface area contributed by atoms with Crippen LogP contribution < -0.4 is 0 Å². The van der Waals surface area contributed by atoms with Crippen LogP contribution in [0.1, 0.15) is 16.7 Å². The summed E-state index contributed by atoms with van der Waals surface area (Å²) in [5.74, 6) is -0.906. The molecule has 0 aliphatic heterocycles. The Balaban J connectivity index is 2.65. The highest BCUT2D eigenvalue weighted by Crippen LogP contribution is 2.52. The molecule has 0 amide bonds. The van der Waals surface area contributed by atoms with E-state index in [1.165, 1.54) is 36.4 Å². The first-order chi connectivity index (χ1) is 13.5. The monoisotopic (exact) mass is 492 g/mol. The van der Waals surface area contributed by atoms with Crippen molar-refractivity contribution in [2.45, 2.75) is 4.75 Å². The topological polar surface area (TPSA) is 94.8 Å². The molecular formula is C19H12Cl4O5S. The van der Waals surface area contributed by atoms with E-state index in [1.807, 2.05) is 0 Å². The van der Waals surface area contributed by atoms with Crippen molar-refractivity contribution in [1.29, 1.82) is 0 Å². The average Bonchev–Trinajstić information content (AvgIpc) is 2.59. The highest BCUT2D eigenvalue weighted by Gasteiger charge is 2.52. The molecule has 152 valence electrons. The van der Waals surface area contributed by atoms with Gasteiger partial charge in [0, 0.05) is 31.2 Å². The van der Waals surface area contributed by atoms with Gasteiger partial charge in [0.2, 0.25) is 0 Å².